The second kappa shape index (κ2) is 7.43. The van der Waals surface area contributed by atoms with Gasteiger partial charge in [0.25, 0.3) is 0 Å². The second-order valence-corrected chi connectivity index (χ2v) is 4.81. The van der Waals surface area contributed by atoms with E-state index in [9.17, 15) is 0 Å². The normalized spacial score (nSPS) is 13.0. The summed E-state index contributed by atoms with van der Waals surface area (Å²) in [5, 5.41) is 0. The van der Waals surface area contributed by atoms with Crippen molar-refractivity contribution in [2.75, 3.05) is 20.6 Å². The fraction of sp³-hybridized carbons (Fsp3) is 0.571. The molecule has 0 radical (unpaired) electrons. The first-order valence-electron chi connectivity index (χ1n) is 6.37. The molecule has 17 heavy (non-hydrogen) atoms. The van der Waals surface area contributed by atoms with Crippen LogP contribution in [0.15, 0.2) is 24.3 Å². The Morgan fingerprint density at radius 3 is 2.71 bits per heavy atom. The number of nitrogens with two attached hydrogens (primary N) is 1. The van der Waals surface area contributed by atoms with Gasteiger partial charge in [-0.2, -0.15) is 0 Å². The Labute approximate surface area is 105 Å². The molecule has 0 saturated heterocycles. The Morgan fingerprint density at radius 2 is 2.12 bits per heavy atom. The van der Waals surface area contributed by atoms with E-state index in [1.807, 2.05) is 0 Å². The van der Waals surface area contributed by atoms with Crippen molar-refractivity contribution in [3.8, 4) is 0 Å². The van der Waals surface area contributed by atoms with Crippen LogP contribution in [0, 0.1) is 0 Å². The van der Waals surface area contributed by atoms with E-state index in [1.165, 1.54) is 17.5 Å². The monoisotopic (exact) mass is 235 g/mol. The second-order valence-electron chi connectivity index (χ2n) is 4.81. The Morgan fingerprint density at radius 1 is 1.35 bits per heavy atom. The first-order chi connectivity index (χ1) is 8.17. The lowest BCUT2D eigenvalue weighted by Crippen LogP contribution is -2.30. The van der Waals surface area contributed by atoms with Crippen molar-refractivity contribution in [1.29, 1.82) is 0 Å². The first kappa shape index (κ1) is 14.2. The summed E-state index contributed by atoms with van der Waals surface area (Å²) in [7, 11) is 4.17. The lowest BCUT2D eigenvalue weighted by Gasteiger charge is -2.19. The van der Waals surface area contributed by atoms with Crippen molar-refractivity contribution in [1.82, 2.24) is 10.3 Å². The molecule has 1 atom stereocenters. The summed E-state index contributed by atoms with van der Waals surface area (Å²) in [6.07, 6.45) is 3.35. The zero-order valence-corrected chi connectivity index (χ0v) is 11.2. The fourth-order valence-corrected chi connectivity index (χ4v) is 1.99. The quantitative estimate of drug-likeness (QED) is 0.562. The van der Waals surface area contributed by atoms with Gasteiger partial charge in [0.15, 0.2) is 0 Å². The lowest BCUT2D eigenvalue weighted by atomic mass is 10.00. The Hall–Kier alpha value is -0.900. The molecule has 0 aromatic heterocycles. The summed E-state index contributed by atoms with van der Waals surface area (Å²) >= 11 is 0. The van der Waals surface area contributed by atoms with Crippen LogP contribution in [0.3, 0.4) is 0 Å². The predicted octanol–water partition coefficient (Wildman–Crippen LogP) is 2.10. The van der Waals surface area contributed by atoms with Gasteiger partial charge in [0.1, 0.15) is 0 Å². The summed E-state index contributed by atoms with van der Waals surface area (Å²) < 4.78 is 0. The average Bonchev–Trinajstić information content (AvgIpc) is 2.30. The maximum Gasteiger partial charge on any atom is 0.0472 e. The fourth-order valence-electron chi connectivity index (χ4n) is 1.99. The van der Waals surface area contributed by atoms with Gasteiger partial charge in [0.05, 0.1) is 0 Å². The van der Waals surface area contributed by atoms with Crippen LogP contribution in [0.25, 0.3) is 0 Å². The predicted molar refractivity (Wildman–Crippen MR) is 73.7 cm³/mol. The van der Waals surface area contributed by atoms with E-state index in [0.29, 0.717) is 0 Å². The zero-order chi connectivity index (χ0) is 12.7. The molecule has 1 aromatic rings. The molecule has 0 aliphatic carbocycles. The molecule has 1 rings (SSSR count). The van der Waals surface area contributed by atoms with E-state index >= 15 is 0 Å². The van der Waals surface area contributed by atoms with Crippen LogP contribution in [0.1, 0.15) is 36.9 Å². The van der Waals surface area contributed by atoms with Crippen LogP contribution in [0.4, 0.5) is 0 Å². The summed E-state index contributed by atoms with van der Waals surface area (Å²) in [5.74, 6) is 5.65. The molecule has 0 heterocycles. The molecule has 0 aliphatic rings. The highest BCUT2D eigenvalue weighted by atomic mass is 15.2. The molecule has 3 N–H and O–H groups in total. The molecular formula is C14H25N3. The first-order valence-corrected chi connectivity index (χ1v) is 6.37. The van der Waals surface area contributed by atoms with Crippen molar-refractivity contribution in [2.45, 2.75) is 32.2 Å². The molecule has 0 amide bonds. The molecular weight excluding hydrogens is 210 g/mol. The van der Waals surface area contributed by atoms with Gasteiger partial charge in [-0.1, -0.05) is 37.6 Å². The van der Waals surface area contributed by atoms with Crippen LogP contribution < -0.4 is 11.3 Å². The summed E-state index contributed by atoms with van der Waals surface area (Å²) in [4.78, 5) is 2.18. The number of nitrogens with zero attached hydrogens (tertiary/aromatic N) is 1. The van der Waals surface area contributed by atoms with Gasteiger partial charge in [-0.25, -0.2) is 0 Å². The molecule has 96 valence electrons. The SMILES string of the molecule is CCCc1cccc(C(CCN(C)C)NN)c1. The van der Waals surface area contributed by atoms with Crippen LogP contribution >= 0.6 is 0 Å². The number of hydrogen-bond donors (Lipinski definition) is 2. The number of nitrogens with one attached hydrogen (secondary N) is 1. The third-order valence-electron chi connectivity index (χ3n) is 2.96. The summed E-state index contributed by atoms with van der Waals surface area (Å²) in [6, 6.07) is 8.98. The van der Waals surface area contributed by atoms with E-state index in [-0.39, 0.29) is 6.04 Å². The molecule has 0 saturated carbocycles. The number of hydrogen-bond acceptors (Lipinski definition) is 3. The molecule has 3 heteroatoms. The molecule has 0 fully saturated rings. The average molecular weight is 235 g/mol. The van der Waals surface area contributed by atoms with Gasteiger partial charge in [0.2, 0.25) is 0 Å². The van der Waals surface area contributed by atoms with Crippen molar-refractivity contribution in [3.05, 3.63) is 35.4 Å². The van der Waals surface area contributed by atoms with Gasteiger partial charge < -0.3 is 4.90 Å². The largest absolute Gasteiger partial charge is 0.309 e. The third kappa shape index (κ3) is 4.86. The van der Waals surface area contributed by atoms with Gasteiger partial charge in [-0.3, -0.25) is 11.3 Å². The minimum Gasteiger partial charge on any atom is -0.309 e. The maximum absolute atomic E-state index is 5.65. The van der Waals surface area contributed by atoms with Crippen molar-refractivity contribution >= 4 is 0 Å². The smallest absolute Gasteiger partial charge is 0.0472 e. The number of rotatable bonds is 7. The number of benzene rings is 1. The highest BCUT2D eigenvalue weighted by molar-refractivity contribution is 5.26. The minimum absolute atomic E-state index is 0.245. The van der Waals surface area contributed by atoms with Crippen molar-refractivity contribution in [2.24, 2.45) is 5.84 Å². The molecule has 1 aromatic carbocycles. The van der Waals surface area contributed by atoms with Gasteiger partial charge in [0, 0.05) is 6.04 Å². The van der Waals surface area contributed by atoms with E-state index in [4.69, 9.17) is 5.84 Å². The van der Waals surface area contributed by atoms with Gasteiger partial charge in [-0.15, -0.1) is 0 Å². The molecule has 0 spiro atoms. The number of aryl methyl sites for hydroxylation is 1. The van der Waals surface area contributed by atoms with Crippen LogP contribution in [0.2, 0.25) is 0 Å². The molecule has 1 unspecified atom stereocenters. The Kier molecular flexibility index (Phi) is 6.19. The van der Waals surface area contributed by atoms with Gasteiger partial charge in [-0.05, 0) is 44.6 Å². The molecule has 0 bridgehead atoms. The topological polar surface area (TPSA) is 41.3 Å². The van der Waals surface area contributed by atoms with E-state index in [1.54, 1.807) is 0 Å². The highest BCUT2D eigenvalue weighted by Gasteiger charge is 2.10. The maximum atomic E-state index is 5.65. The zero-order valence-electron chi connectivity index (χ0n) is 11.2. The van der Waals surface area contributed by atoms with Crippen LogP contribution in [-0.4, -0.2) is 25.5 Å². The molecule has 3 nitrogen and oxygen atoms in total. The number of hydrazine groups is 1. The van der Waals surface area contributed by atoms with Crippen molar-refractivity contribution < 1.29 is 0 Å². The summed E-state index contributed by atoms with van der Waals surface area (Å²) in [6.45, 7) is 3.24. The summed E-state index contributed by atoms with van der Waals surface area (Å²) in [5.41, 5.74) is 5.61. The Balaban J connectivity index is 2.69. The lowest BCUT2D eigenvalue weighted by molar-refractivity contribution is 0.363. The third-order valence-corrected chi connectivity index (χ3v) is 2.96. The van der Waals surface area contributed by atoms with Gasteiger partial charge >= 0.3 is 0 Å². The highest BCUT2D eigenvalue weighted by Crippen LogP contribution is 2.18. The van der Waals surface area contributed by atoms with E-state index < -0.39 is 0 Å². The van der Waals surface area contributed by atoms with Crippen molar-refractivity contribution in [3.63, 3.8) is 0 Å². The van der Waals surface area contributed by atoms with Crippen LogP contribution in [0.5, 0.6) is 0 Å². The molecule has 0 aliphatic heterocycles. The van der Waals surface area contributed by atoms with E-state index in [2.05, 4.69) is 55.6 Å². The minimum atomic E-state index is 0.245. The Bertz CT molecular complexity index is 323. The van der Waals surface area contributed by atoms with E-state index in [0.717, 1.165) is 19.4 Å². The standard InChI is InChI=1S/C14H25N3/c1-4-6-12-7-5-8-13(11-12)14(16-15)9-10-17(2)3/h5,7-8,11,14,16H,4,6,9-10,15H2,1-3H3. The van der Waals surface area contributed by atoms with Crippen LogP contribution in [-0.2, 0) is 6.42 Å².